The smallest absolute Gasteiger partial charge is 0.0561 e. The summed E-state index contributed by atoms with van der Waals surface area (Å²) in [5.74, 6) is 0. The molecule has 0 spiro atoms. The van der Waals surface area contributed by atoms with Crippen molar-refractivity contribution in [1.82, 2.24) is 0 Å². The predicted molar refractivity (Wildman–Crippen MR) is 222 cm³/mol. The van der Waals surface area contributed by atoms with Gasteiger partial charge in [-0.25, -0.2) is 0 Å². The molecule has 1 aliphatic carbocycles. The van der Waals surface area contributed by atoms with Gasteiger partial charge in [0.25, 0.3) is 0 Å². The maximum atomic E-state index is 2.47. The highest BCUT2D eigenvalue weighted by Crippen LogP contribution is 2.55. The summed E-state index contributed by atoms with van der Waals surface area (Å²) in [5, 5.41) is 4.89. The van der Waals surface area contributed by atoms with Crippen LogP contribution in [0.4, 0.5) is 34.1 Å². The van der Waals surface area contributed by atoms with E-state index in [-0.39, 0.29) is 10.8 Å². The molecule has 0 atom stereocenters. The second kappa shape index (κ2) is 12.3. The van der Waals surface area contributed by atoms with Gasteiger partial charge in [-0.3, -0.25) is 0 Å². The molecule has 1 aliphatic rings. The van der Waals surface area contributed by atoms with E-state index < -0.39 is 0 Å². The predicted octanol–water partition coefficient (Wildman–Crippen LogP) is 14.2. The van der Waals surface area contributed by atoms with Crippen LogP contribution in [-0.4, -0.2) is 0 Å². The SMILES string of the molecule is CC1(C)c2ccccc2-c2ccc(N(c3ccccc3)c3cc(N(c4ccccc4)c4ccccc4)cc4c3ccc3ccccc34)cc2C1(C)C. The number of hydrogen-bond donors (Lipinski definition) is 0. The highest BCUT2D eigenvalue weighted by molar-refractivity contribution is 6.14. The van der Waals surface area contributed by atoms with E-state index in [0.29, 0.717) is 0 Å². The normalized spacial score (nSPS) is 14.1. The van der Waals surface area contributed by atoms with Gasteiger partial charge in [-0.1, -0.05) is 149 Å². The Morgan fingerprint density at radius 1 is 0.327 bits per heavy atom. The monoisotopic (exact) mass is 670 g/mol. The topological polar surface area (TPSA) is 6.48 Å². The Hall–Kier alpha value is -6.12. The number of rotatable bonds is 6. The molecule has 0 aromatic heterocycles. The molecule has 52 heavy (non-hydrogen) atoms. The van der Waals surface area contributed by atoms with Gasteiger partial charge in [-0.15, -0.1) is 0 Å². The molecule has 0 heterocycles. The maximum Gasteiger partial charge on any atom is 0.0561 e. The van der Waals surface area contributed by atoms with Crippen molar-refractivity contribution in [1.29, 1.82) is 0 Å². The zero-order valence-electron chi connectivity index (χ0n) is 30.2. The second-order valence-corrected chi connectivity index (χ2v) is 15.0. The third-order valence-corrected chi connectivity index (χ3v) is 11.8. The summed E-state index contributed by atoms with van der Waals surface area (Å²) in [5.41, 5.74) is 12.0. The van der Waals surface area contributed by atoms with E-state index in [2.05, 4.69) is 219 Å². The molecule has 0 fully saturated rings. The number of para-hydroxylation sites is 3. The number of hydrogen-bond acceptors (Lipinski definition) is 2. The Bertz CT molecular complexity index is 2530. The molecule has 0 saturated heterocycles. The lowest BCUT2D eigenvalue weighted by molar-refractivity contribution is 0.299. The first-order valence-electron chi connectivity index (χ1n) is 18.3. The summed E-state index contributed by atoms with van der Waals surface area (Å²) >= 11 is 0. The Kier molecular flexibility index (Phi) is 7.52. The van der Waals surface area contributed by atoms with Gasteiger partial charge in [0, 0.05) is 33.8 Å². The molecule has 2 nitrogen and oxygen atoms in total. The van der Waals surface area contributed by atoms with Crippen LogP contribution < -0.4 is 9.80 Å². The molecule has 252 valence electrons. The maximum absolute atomic E-state index is 2.47. The first kappa shape index (κ1) is 31.8. The second-order valence-electron chi connectivity index (χ2n) is 15.0. The van der Waals surface area contributed by atoms with Gasteiger partial charge in [-0.2, -0.15) is 0 Å². The van der Waals surface area contributed by atoms with Crippen LogP contribution in [0.5, 0.6) is 0 Å². The van der Waals surface area contributed by atoms with Crippen LogP contribution in [0.15, 0.2) is 182 Å². The Labute approximate surface area is 307 Å². The minimum Gasteiger partial charge on any atom is -0.310 e. The molecule has 0 aliphatic heterocycles. The van der Waals surface area contributed by atoms with Crippen molar-refractivity contribution in [2.24, 2.45) is 0 Å². The molecule has 9 rings (SSSR count). The molecule has 0 bridgehead atoms. The van der Waals surface area contributed by atoms with E-state index in [9.17, 15) is 0 Å². The van der Waals surface area contributed by atoms with Gasteiger partial charge >= 0.3 is 0 Å². The summed E-state index contributed by atoms with van der Waals surface area (Å²) in [6.45, 7) is 9.64. The Morgan fingerprint density at radius 2 is 0.865 bits per heavy atom. The van der Waals surface area contributed by atoms with Gasteiger partial charge in [-0.05, 0) is 110 Å². The van der Waals surface area contributed by atoms with Gasteiger partial charge in [0.05, 0.1) is 5.69 Å². The van der Waals surface area contributed by atoms with Crippen LogP contribution in [0.3, 0.4) is 0 Å². The fourth-order valence-corrected chi connectivity index (χ4v) is 8.36. The van der Waals surface area contributed by atoms with Crippen molar-refractivity contribution in [3.63, 3.8) is 0 Å². The molecule has 8 aromatic carbocycles. The van der Waals surface area contributed by atoms with Gasteiger partial charge in [0.15, 0.2) is 0 Å². The van der Waals surface area contributed by atoms with E-state index in [4.69, 9.17) is 0 Å². The molecule has 0 saturated carbocycles. The van der Waals surface area contributed by atoms with Gasteiger partial charge in [0.2, 0.25) is 0 Å². The fraction of sp³-hybridized carbons (Fsp3) is 0.120. The summed E-state index contributed by atoms with van der Waals surface area (Å²) in [7, 11) is 0. The van der Waals surface area contributed by atoms with E-state index >= 15 is 0 Å². The van der Waals surface area contributed by atoms with Gasteiger partial charge < -0.3 is 9.80 Å². The average Bonchev–Trinajstić information content (AvgIpc) is 3.19. The summed E-state index contributed by atoms with van der Waals surface area (Å²) in [6, 6.07) is 66.5. The highest BCUT2D eigenvalue weighted by atomic mass is 15.2. The Balaban J connectivity index is 1.36. The van der Waals surface area contributed by atoms with Crippen molar-refractivity contribution in [2.45, 2.75) is 38.5 Å². The molecule has 0 unspecified atom stereocenters. The first-order valence-corrected chi connectivity index (χ1v) is 18.3. The number of benzene rings is 8. The molecule has 2 heteroatoms. The van der Waals surface area contributed by atoms with E-state index in [1.165, 1.54) is 43.8 Å². The fourth-order valence-electron chi connectivity index (χ4n) is 8.36. The van der Waals surface area contributed by atoms with Crippen molar-refractivity contribution >= 4 is 55.7 Å². The largest absolute Gasteiger partial charge is 0.310 e. The molecule has 0 amide bonds. The molecular formula is C50H42N2. The molecule has 0 radical (unpaired) electrons. The van der Waals surface area contributed by atoms with Crippen LogP contribution in [0, 0.1) is 0 Å². The number of anilines is 6. The quantitative estimate of drug-likeness (QED) is 0.162. The summed E-state index contributed by atoms with van der Waals surface area (Å²) < 4.78 is 0. The van der Waals surface area contributed by atoms with Crippen molar-refractivity contribution < 1.29 is 0 Å². The minimum absolute atomic E-state index is 0.0653. The molecular weight excluding hydrogens is 629 g/mol. The third kappa shape index (κ3) is 5.01. The molecule has 8 aromatic rings. The van der Waals surface area contributed by atoms with E-state index in [1.54, 1.807) is 0 Å². The lowest BCUT2D eigenvalue weighted by Gasteiger charge is -2.48. The lowest BCUT2D eigenvalue weighted by Crippen LogP contribution is -2.43. The van der Waals surface area contributed by atoms with Crippen LogP contribution in [0.1, 0.15) is 38.8 Å². The summed E-state index contributed by atoms with van der Waals surface area (Å²) in [6.07, 6.45) is 0. The molecule has 0 N–H and O–H groups in total. The minimum atomic E-state index is -0.118. The standard InChI is InChI=1S/C50H42N2/c1-49(2)46-27-17-16-26-42(46)43-31-29-39(33-47(43)50(49,3)4)52(38-23-12-7-13-24-38)48-34-40(32-45-41-25-15-14-18-35(41)28-30-44(45)48)51(36-19-8-5-9-20-36)37-21-10-6-11-22-37/h5-34H,1-4H3. The zero-order valence-corrected chi connectivity index (χ0v) is 30.2. The van der Waals surface area contributed by atoms with Crippen LogP contribution >= 0.6 is 0 Å². The van der Waals surface area contributed by atoms with Crippen molar-refractivity contribution in [3.8, 4) is 11.1 Å². The Morgan fingerprint density at radius 3 is 1.54 bits per heavy atom. The number of fused-ring (bicyclic) bond motifs is 6. The van der Waals surface area contributed by atoms with Gasteiger partial charge in [0.1, 0.15) is 0 Å². The first-order chi connectivity index (χ1) is 25.3. The van der Waals surface area contributed by atoms with Crippen LogP contribution in [0.25, 0.3) is 32.7 Å². The third-order valence-electron chi connectivity index (χ3n) is 11.8. The average molecular weight is 671 g/mol. The number of nitrogens with zero attached hydrogens (tertiary/aromatic N) is 2. The highest BCUT2D eigenvalue weighted by Gasteiger charge is 2.46. The lowest BCUT2D eigenvalue weighted by atomic mass is 9.55. The van der Waals surface area contributed by atoms with E-state index in [0.717, 1.165) is 34.1 Å². The van der Waals surface area contributed by atoms with Crippen molar-refractivity contribution in [3.05, 3.63) is 193 Å². The van der Waals surface area contributed by atoms with Crippen molar-refractivity contribution in [2.75, 3.05) is 9.80 Å². The van der Waals surface area contributed by atoms with Crippen LogP contribution in [0.2, 0.25) is 0 Å². The van der Waals surface area contributed by atoms with E-state index in [1.807, 2.05) is 0 Å². The zero-order chi connectivity index (χ0) is 35.5. The van der Waals surface area contributed by atoms with Crippen LogP contribution in [-0.2, 0) is 10.8 Å². The summed E-state index contributed by atoms with van der Waals surface area (Å²) in [4.78, 5) is 4.85.